The fraction of sp³-hybridized carbons (Fsp3) is 0.312. The Bertz CT molecular complexity index is 757. The zero-order valence-corrected chi connectivity index (χ0v) is 14.0. The van der Waals surface area contributed by atoms with E-state index >= 15 is 0 Å². The largest absolute Gasteiger partial charge is 0.465 e. The van der Waals surface area contributed by atoms with Crippen LogP contribution in [-0.4, -0.2) is 52.5 Å². The van der Waals surface area contributed by atoms with Gasteiger partial charge < -0.3 is 15.4 Å². The van der Waals surface area contributed by atoms with Crippen LogP contribution in [0.5, 0.6) is 0 Å². The number of para-hydroxylation sites is 1. The molecule has 25 heavy (non-hydrogen) atoms. The minimum Gasteiger partial charge on any atom is -0.465 e. The lowest BCUT2D eigenvalue weighted by Gasteiger charge is -2.05. The monoisotopic (exact) mass is 345 g/mol. The van der Waals surface area contributed by atoms with Crippen LogP contribution >= 0.6 is 0 Å². The number of nitrogens with one attached hydrogen (secondary N) is 2. The van der Waals surface area contributed by atoms with Gasteiger partial charge in [-0.25, -0.2) is 0 Å². The molecular weight excluding hydrogens is 326 g/mol. The minimum absolute atomic E-state index is 0.127. The first-order valence-electron chi connectivity index (χ1n) is 7.71. The van der Waals surface area contributed by atoms with E-state index in [1.165, 1.54) is 4.80 Å². The summed E-state index contributed by atoms with van der Waals surface area (Å²) in [5.41, 5.74) is 1.28. The molecule has 0 radical (unpaired) electrons. The quantitative estimate of drug-likeness (QED) is 0.682. The van der Waals surface area contributed by atoms with Gasteiger partial charge >= 0.3 is 5.97 Å². The summed E-state index contributed by atoms with van der Waals surface area (Å²) in [6.45, 7) is 3.04. The van der Waals surface area contributed by atoms with Gasteiger partial charge in [0.15, 0.2) is 5.69 Å². The van der Waals surface area contributed by atoms with Crippen LogP contribution in [0.15, 0.2) is 30.3 Å². The first kappa shape index (κ1) is 18.1. The number of esters is 1. The molecule has 9 nitrogen and oxygen atoms in total. The van der Waals surface area contributed by atoms with Crippen LogP contribution in [0.2, 0.25) is 0 Å². The van der Waals surface area contributed by atoms with E-state index in [9.17, 15) is 14.4 Å². The fourth-order valence-corrected chi connectivity index (χ4v) is 1.95. The lowest BCUT2D eigenvalue weighted by molar-refractivity contribution is -0.143. The number of aromatic nitrogens is 3. The topological polar surface area (TPSA) is 115 Å². The molecule has 0 atom stereocenters. The second kappa shape index (κ2) is 8.57. The maximum atomic E-state index is 12.2. The third-order valence-corrected chi connectivity index (χ3v) is 3.13. The van der Waals surface area contributed by atoms with Gasteiger partial charge in [0, 0.05) is 0 Å². The average molecular weight is 345 g/mol. The highest BCUT2D eigenvalue weighted by Crippen LogP contribution is 2.07. The van der Waals surface area contributed by atoms with Crippen LogP contribution in [-0.2, 0) is 14.3 Å². The molecule has 9 heteroatoms. The lowest BCUT2D eigenvalue weighted by atomic mass is 10.3. The Morgan fingerprint density at radius 3 is 2.48 bits per heavy atom. The van der Waals surface area contributed by atoms with Crippen LogP contribution < -0.4 is 10.6 Å². The van der Waals surface area contributed by atoms with Crippen LogP contribution in [0.4, 0.5) is 0 Å². The molecule has 2 aromatic rings. The molecule has 2 amide bonds. The number of carbonyl (C=O) groups excluding carboxylic acids is 3. The summed E-state index contributed by atoms with van der Waals surface area (Å²) in [6, 6.07) is 9.15. The van der Waals surface area contributed by atoms with Crippen molar-refractivity contribution in [1.29, 1.82) is 0 Å². The molecule has 1 aromatic heterocycles. The Morgan fingerprint density at radius 1 is 1.08 bits per heavy atom. The summed E-state index contributed by atoms with van der Waals surface area (Å²) in [7, 11) is 0. The zero-order chi connectivity index (χ0) is 18.2. The van der Waals surface area contributed by atoms with Crippen molar-refractivity contribution in [3.05, 3.63) is 41.7 Å². The van der Waals surface area contributed by atoms with Gasteiger partial charge in [-0.1, -0.05) is 18.2 Å². The Morgan fingerprint density at radius 2 is 1.80 bits per heavy atom. The number of nitrogens with zero attached hydrogens (tertiary/aromatic N) is 3. The Hall–Kier alpha value is -3.23. The van der Waals surface area contributed by atoms with Gasteiger partial charge in [-0.05, 0) is 26.0 Å². The zero-order valence-electron chi connectivity index (χ0n) is 14.0. The number of hydrogen-bond acceptors (Lipinski definition) is 6. The van der Waals surface area contributed by atoms with Crippen molar-refractivity contribution in [2.45, 2.75) is 13.8 Å². The van der Waals surface area contributed by atoms with Gasteiger partial charge in [0.2, 0.25) is 5.91 Å². The summed E-state index contributed by atoms with van der Waals surface area (Å²) in [6.07, 6.45) is 0. The van der Waals surface area contributed by atoms with Crippen molar-refractivity contribution in [1.82, 2.24) is 25.6 Å². The van der Waals surface area contributed by atoms with Crippen molar-refractivity contribution < 1.29 is 19.1 Å². The average Bonchev–Trinajstić information content (AvgIpc) is 3.01. The molecule has 2 rings (SSSR count). The molecule has 0 spiro atoms. The molecular formula is C16H19N5O4. The van der Waals surface area contributed by atoms with E-state index in [1.807, 2.05) is 30.3 Å². The van der Waals surface area contributed by atoms with E-state index in [4.69, 9.17) is 0 Å². The first-order valence-corrected chi connectivity index (χ1v) is 7.71. The predicted octanol–water partition coefficient (Wildman–Crippen LogP) is -0.0152. The maximum absolute atomic E-state index is 12.2. The van der Waals surface area contributed by atoms with Crippen molar-refractivity contribution >= 4 is 17.8 Å². The van der Waals surface area contributed by atoms with Gasteiger partial charge in [-0.2, -0.15) is 9.90 Å². The number of carbonyl (C=O) groups is 3. The number of amides is 2. The molecule has 1 aromatic carbocycles. The summed E-state index contributed by atoms with van der Waals surface area (Å²) in [5.74, 6) is -1.57. The molecule has 0 aliphatic heterocycles. The lowest BCUT2D eigenvalue weighted by Crippen LogP contribution is -2.39. The van der Waals surface area contributed by atoms with Gasteiger partial charge in [0.1, 0.15) is 6.54 Å². The molecule has 0 saturated carbocycles. The second-order valence-electron chi connectivity index (χ2n) is 5.02. The highest BCUT2D eigenvalue weighted by Gasteiger charge is 2.17. The summed E-state index contributed by atoms with van der Waals surface area (Å²) < 4.78 is 4.69. The molecule has 1 heterocycles. The summed E-state index contributed by atoms with van der Waals surface area (Å²) in [4.78, 5) is 36.3. The molecule has 0 bridgehead atoms. The van der Waals surface area contributed by atoms with Crippen molar-refractivity contribution in [3.8, 4) is 5.69 Å². The van der Waals surface area contributed by atoms with Crippen molar-refractivity contribution in [2.75, 3.05) is 19.7 Å². The second-order valence-corrected chi connectivity index (χ2v) is 5.02. The van der Waals surface area contributed by atoms with Crippen LogP contribution in [0.25, 0.3) is 5.69 Å². The fourth-order valence-electron chi connectivity index (χ4n) is 1.95. The molecule has 0 fully saturated rings. The number of ether oxygens (including phenoxy) is 1. The standard InChI is InChI=1S/C16H19N5O4/c1-3-25-14(23)10-17-13(22)9-18-16(24)15-11(2)19-21(20-15)12-7-5-4-6-8-12/h4-8H,3,9-10H2,1-2H3,(H,17,22)(H,18,24). The van der Waals surface area contributed by atoms with Crippen LogP contribution in [0.3, 0.4) is 0 Å². The molecule has 0 unspecified atom stereocenters. The van der Waals surface area contributed by atoms with Gasteiger partial charge in [0.05, 0.1) is 24.5 Å². The highest BCUT2D eigenvalue weighted by molar-refractivity contribution is 5.95. The van der Waals surface area contributed by atoms with Gasteiger partial charge in [-0.3, -0.25) is 14.4 Å². The van der Waals surface area contributed by atoms with E-state index in [2.05, 4.69) is 25.6 Å². The summed E-state index contributed by atoms with van der Waals surface area (Å²) >= 11 is 0. The first-order chi connectivity index (χ1) is 12.0. The molecule has 2 N–H and O–H groups in total. The third-order valence-electron chi connectivity index (χ3n) is 3.13. The number of hydrogen-bond donors (Lipinski definition) is 2. The molecule has 0 saturated heterocycles. The molecule has 132 valence electrons. The summed E-state index contributed by atoms with van der Waals surface area (Å²) in [5, 5.41) is 13.1. The SMILES string of the molecule is CCOC(=O)CNC(=O)CNC(=O)c1nn(-c2ccccc2)nc1C. The minimum atomic E-state index is -0.538. The Balaban J connectivity index is 1.90. The van der Waals surface area contributed by atoms with E-state index < -0.39 is 17.8 Å². The van der Waals surface area contributed by atoms with E-state index in [1.54, 1.807) is 13.8 Å². The van der Waals surface area contributed by atoms with Gasteiger partial charge in [-0.15, -0.1) is 5.10 Å². The highest BCUT2D eigenvalue weighted by atomic mass is 16.5. The molecule has 0 aliphatic carbocycles. The maximum Gasteiger partial charge on any atom is 0.325 e. The van der Waals surface area contributed by atoms with Crippen molar-refractivity contribution in [3.63, 3.8) is 0 Å². The Labute approximate surface area is 144 Å². The van der Waals surface area contributed by atoms with E-state index in [-0.39, 0.29) is 25.4 Å². The van der Waals surface area contributed by atoms with Crippen LogP contribution in [0.1, 0.15) is 23.1 Å². The molecule has 0 aliphatic rings. The predicted molar refractivity (Wildman–Crippen MR) is 88.1 cm³/mol. The van der Waals surface area contributed by atoms with Crippen molar-refractivity contribution in [2.24, 2.45) is 0 Å². The van der Waals surface area contributed by atoms with E-state index in [0.29, 0.717) is 5.69 Å². The van der Waals surface area contributed by atoms with E-state index in [0.717, 1.165) is 5.69 Å². The van der Waals surface area contributed by atoms with Gasteiger partial charge in [0.25, 0.3) is 5.91 Å². The number of benzene rings is 1. The Kier molecular flexibility index (Phi) is 6.21. The normalized spacial score (nSPS) is 10.2. The van der Waals surface area contributed by atoms with Crippen LogP contribution in [0, 0.1) is 6.92 Å². The number of aryl methyl sites for hydroxylation is 1. The number of rotatable bonds is 7. The third kappa shape index (κ3) is 5.13. The smallest absolute Gasteiger partial charge is 0.325 e.